The van der Waals surface area contributed by atoms with E-state index in [4.69, 9.17) is 5.73 Å². The molecule has 0 fully saturated rings. The van der Waals surface area contributed by atoms with Gasteiger partial charge in [0.25, 0.3) is 0 Å². The summed E-state index contributed by atoms with van der Waals surface area (Å²) in [5, 5.41) is 0. The molecule has 4 heteroatoms. The van der Waals surface area contributed by atoms with E-state index in [9.17, 15) is 0 Å². The Balaban J connectivity index is 2.91. The fourth-order valence-electron chi connectivity index (χ4n) is 1.79. The average Bonchev–Trinajstić information content (AvgIpc) is 2.53. The molecule has 0 unspecified atom stereocenters. The molecular formula is C12H23N3S. The fraction of sp³-hybridized carbons (Fsp3) is 0.750. The second-order valence-corrected chi connectivity index (χ2v) is 5.45. The van der Waals surface area contributed by atoms with Crippen molar-refractivity contribution in [2.24, 2.45) is 5.92 Å². The molecule has 0 saturated heterocycles. The number of nitrogen functional groups attached to an aromatic ring is 1. The highest BCUT2D eigenvalue weighted by molar-refractivity contribution is 7.98. The van der Waals surface area contributed by atoms with Crippen LogP contribution < -0.4 is 5.73 Å². The first-order valence-electron chi connectivity index (χ1n) is 5.92. The third-order valence-corrected chi connectivity index (χ3v) is 3.18. The van der Waals surface area contributed by atoms with Crippen LogP contribution in [0.15, 0.2) is 0 Å². The first-order chi connectivity index (χ1) is 7.60. The van der Waals surface area contributed by atoms with Crippen molar-refractivity contribution in [2.75, 3.05) is 17.7 Å². The minimum atomic E-state index is 0.607. The summed E-state index contributed by atoms with van der Waals surface area (Å²) in [5.74, 6) is 3.70. The molecule has 0 bridgehead atoms. The predicted molar refractivity (Wildman–Crippen MR) is 72.9 cm³/mol. The van der Waals surface area contributed by atoms with Crippen molar-refractivity contribution in [3.63, 3.8) is 0 Å². The third-order valence-electron chi connectivity index (χ3n) is 2.57. The Morgan fingerprint density at radius 3 is 2.62 bits per heavy atom. The monoisotopic (exact) mass is 241 g/mol. The first kappa shape index (κ1) is 13.4. The molecule has 1 aromatic rings. The van der Waals surface area contributed by atoms with Crippen molar-refractivity contribution >= 4 is 17.6 Å². The van der Waals surface area contributed by atoms with Gasteiger partial charge in [0.2, 0.25) is 0 Å². The minimum Gasteiger partial charge on any atom is -0.384 e. The van der Waals surface area contributed by atoms with Crippen LogP contribution in [-0.2, 0) is 19.4 Å². The average molecular weight is 241 g/mol. The fourth-order valence-corrected chi connectivity index (χ4v) is 2.19. The Bertz CT molecular complexity index is 331. The summed E-state index contributed by atoms with van der Waals surface area (Å²) in [4.78, 5) is 4.64. The number of hydrogen-bond donors (Lipinski definition) is 1. The number of aromatic nitrogens is 2. The molecule has 0 spiro atoms. The number of imidazole rings is 1. The van der Waals surface area contributed by atoms with Crippen molar-refractivity contribution in [2.45, 2.75) is 40.2 Å². The molecule has 1 heterocycles. The minimum absolute atomic E-state index is 0.607. The largest absolute Gasteiger partial charge is 0.384 e. The number of rotatable bonds is 6. The van der Waals surface area contributed by atoms with Crippen LogP contribution >= 0.6 is 11.8 Å². The maximum absolute atomic E-state index is 6.16. The lowest BCUT2D eigenvalue weighted by Gasteiger charge is -2.11. The van der Waals surface area contributed by atoms with Gasteiger partial charge in [0.15, 0.2) is 0 Å². The van der Waals surface area contributed by atoms with Crippen LogP contribution in [-0.4, -0.2) is 21.6 Å². The van der Waals surface area contributed by atoms with E-state index in [1.165, 1.54) is 0 Å². The zero-order valence-electron chi connectivity index (χ0n) is 10.8. The molecular weight excluding hydrogens is 218 g/mol. The summed E-state index contributed by atoms with van der Waals surface area (Å²) in [6, 6.07) is 0. The number of aryl methyl sites for hydroxylation is 2. The molecule has 0 aliphatic rings. The van der Waals surface area contributed by atoms with Crippen LogP contribution in [0.3, 0.4) is 0 Å². The van der Waals surface area contributed by atoms with Crippen LogP contribution in [0.1, 0.15) is 32.3 Å². The highest BCUT2D eigenvalue weighted by atomic mass is 32.2. The van der Waals surface area contributed by atoms with Gasteiger partial charge in [-0.2, -0.15) is 11.8 Å². The highest BCUT2D eigenvalue weighted by Crippen LogP contribution is 2.18. The zero-order valence-corrected chi connectivity index (χ0v) is 11.6. The SMILES string of the molecule is CCc1nc(CCSC)c(N)n1CC(C)C. The van der Waals surface area contributed by atoms with Gasteiger partial charge in [0.05, 0.1) is 5.69 Å². The quantitative estimate of drug-likeness (QED) is 0.832. The Morgan fingerprint density at radius 1 is 1.44 bits per heavy atom. The van der Waals surface area contributed by atoms with Crippen LogP contribution in [0.4, 0.5) is 5.82 Å². The van der Waals surface area contributed by atoms with Crippen molar-refractivity contribution < 1.29 is 0 Å². The van der Waals surface area contributed by atoms with Crippen LogP contribution in [0.2, 0.25) is 0 Å². The summed E-state index contributed by atoms with van der Waals surface area (Å²) in [7, 11) is 0. The number of hydrogen-bond acceptors (Lipinski definition) is 3. The smallest absolute Gasteiger partial charge is 0.126 e. The summed E-state index contributed by atoms with van der Waals surface area (Å²) in [5.41, 5.74) is 7.24. The van der Waals surface area contributed by atoms with E-state index in [0.717, 1.165) is 42.5 Å². The Morgan fingerprint density at radius 2 is 2.12 bits per heavy atom. The number of nitrogens with zero attached hydrogens (tertiary/aromatic N) is 2. The molecule has 0 aromatic carbocycles. The van der Waals surface area contributed by atoms with Crippen LogP contribution in [0, 0.1) is 5.92 Å². The van der Waals surface area contributed by atoms with Gasteiger partial charge in [0.1, 0.15) is 11.6 Å². The molecule has 1 rings (SSSR count). The van der Waals surface area contributed by atoms with E-state index in [1.807, 2.05) is 11.8 Å². The molecule has 1 aromatic heterocycles. The lowest BCUT2D eigenvalue weighted by atomic mass is 10.2. The zero-order chi connectivity index (χ0) is 12.1. The number of nitrogens with two attached hydrogens (primary N) is 1. The molecule has 0 radical (unpaired) electrons. The highest BCUT2D eigenvalue weighted by Gasteiger charge is 2.13. The molecule has 0 aliphatic carbocycles. The molecule has 3 nitrogen and oxygen atoms in total. The summed E-state index contributed by atoms with van der Waals surface area (Å²) in [6.07, 6.45) is 4.04. The maximum Gasteiger partial charge on any atom is 0.126 e. The van der Waals surface area contributed by atoms with E-state index in [0.29, 0.717) is 5.92 Å². The van der Waals surface area contributed by atoms with Crippen molar-refractivity contribution in [3.05, 3.63) is 11.5 Å². The van der Waals surface area contributed by atoms with Gasteiger partial charge >= 0.3 is 0 Å². The lowest BCUT2D eigenvalue weighted by Crippen LogP contribution is -2.11. The maximum atomic E-state index is 6.16. The van der Waals surface area contributed by atoms with Crippen molar-refractivity contribution in [1.82, 2.24) is 9.55 Å². The normalized spacial score (nSPS) is 11.3. The van der Waals surface area contributed by atoms with Gasteiger partial charge < -0.3 is 10.3 Å². The van der Waals surface area contributed by atoms with E-state index >= 15 is 0 Å². The molecule has 16 heavy (non-hydrogen) atoms. The molecule has 2 N–H and O–H groups in total. The molecule has 0 amide bonds. The molecule has 0 atom stereocenters. The van der Waals surface area contributed by atoms with Crippen LogP contribution in [0.25, 0.3) is 0 Å². The van der Waals surface area contributed by atoms with E-state index in [2.05, 4.69) is 36.6 Å². The van der Waals surface area contributed by atoms with Gasteiger partial charge in [-0.15, -0.1) is 0 Å². The van der Waals surface area contributed by atoms with Gasteiger partial charge in [-0.05, 0) is 17.9 Å². The molecule has 92 valence electrons. The molecule has 0 saturated carbocycles. The van der Waals surface area contributed by atoms with Crippen molar-refractivity contribution in [1.29, 1.82) is 0 Å². The Labute approximate surface area is 103 Å². The van der Waals surface area contributed by atoms with E-state index in [-0.39, 0.29) is 0 Å². The van der Waals surface area contributed by atoms with Gasteiger partial charge in [-0.25, -0.2) is 4.98 Å². The Kier molecular flexibility index (Phi) is 5.19. The van der Waals surface area contributed by atoms with Gasteiger partial charge in [-0.1, -0.05) is 20.8 Å². The topological polar surface area (TPSA) is 43.8 Å². The number of thioether (sulfide) groups is 1. The summed E-state index contributed by atoms with van der Waals surface area (Å²) >= 11 is 1.84. The number of anilines is 1. The first-order valence-corrected chi connectivity index (χ1v) is 7.32. The molecule has 0 aliphatic heterocycles. The standard InChI is InChI=1S/C12H23N3S/c1-5-11-14-10(6-7-16-4)12(13)15(11)8-9(2)3/h9H,5-8,13H2,1-4H3. The van der Waals surface area contributed by atoms with E-state index < -0.39 is 0 Å². The van der Waals surface area contributed by atoms with Crippen LogP contribution in [0.5, 0.6) is 0 Å². The second-order valence-electron chi connectivity index (χ2n) is 4.46. The summed E-state index contributed by atoms with van der Waals surface area (Å²) in [6.45, 7) is 7.53. The predicted octanol–water partition coefficient (Wildman–Crippen LogP) is 2.59. The van der Waals surface area contributed by atoms with Gasteiger partial charge in [-0.3, -0.25) is 0 Å². The Hall–Kier alpha value is -0.640. The van der Waals surface area contributed by atoms with Gasteiger partial charge in [0, 0.05) is 19.4 Å². The summed E-state index contributed by atoms with van der Waals surface area (Å²) < 4.78 is 2.18. The third kappa shape index (κ3) is 3.17. The second kappa shape index (κ2) is 6.18. The van der Waals surface area contributed by atoms with Crippen molar-refractivity contribution in [3.8, 4) is 0 Å². The lowest BCUT2D eigenvalue weighted by molar-refractivity contribution is 0.513. The van der Waals surface area contributed by atoms with E-state index in [1.54, 1.807) is 0 Å².